The first-order valence-electron chi connectivity index (χ1n) is 7.24. The van der Waals surface area contributed by atoms with E-state index in [0.29, 0.717) is 18.4 Å². The van der Waals surface area contributed by atoms with Crippen molar-refractivity contribution in [3.8, 4) is 0 Å². The second-order valence-corrected chi connectivity index (χ2v) is 8.38. The van der Waals surface area contributed by atoms with Gasteiger partial charge in [0, 0.05) is 13.0 Å². The molecule has 0 unspecified atom stereocenters. The summed E-state index contributed by atoms with van der Waals surface area (Å²) in [5.74, 6) is -0.628. The van der Waals surface area contributed by atoms with E-state index in [2.05, 4.69) is 5.32 Å². The number of hydrogen-bond acceptors (Lipinski definition) is 4. The van der Waals surface area contributed by atoms with E-state index in [9.17, 15) is 17.6 Å². The number of sulfone groups is 1. The maximum Gasteiger partial charge on any atom is 0.220 e. The fraction of sp³-hybridized carbons (Fsp3) is 0.312. The first-order valence-corrected chi connectivity index (χ1v) is 9.67. The van der Waals surface area contributed by atoms with Gasteiger partial charge in [0.05, 0.1) is 0 Å². The van der Waals surface area contributed by atoms with Gasteiger partial charge in [0.1, 0.15) is 15.3 Å². The smallest absolute Gasteiger partial charge is 0.220 e. The average Bonchev–Trinajstić information content (AvgIpc) is 3.04. The van der Waals surface area contributed by atoms with Gasteiger partial charge in [-0.3, -0.25) is 4.79 Å². The second kappa shape index (κ2) is 7.70. The monoisotopic (exact) mass is 355 g/mol. The maximum atomic E-state index is 13.1. The number of benzene rings is 1. The van der Waals surface area contributed by atoms with Crippen molar-refractivity contribution in [2.24, 2.45) is 0 Å². The van der Waals surface area contributed by atoms with E-state index < -0.39 is 20.9 Å². The van der Waals surface area contributed by atoms with Crippen LogP contribution in [-0.4, -0.2) is 20.9 Å². The summed E-state index contributed by atoms with van der Waals surface area (Å²) >= 11 is 1.13. The Morgan fingerprint density at radius 2 is 1.96 bits per heavy atom. The Labute approximate surface area is 139 Å². The number of carbonyl (C=O) groups is 1. The molecule has 2 rings (SSSR count). The summed E-state index contributed by atoms with van der Waals surface area (Å²) < 4.78 is 39.0. The minimum atomic E-state index is -3.65. The van der Waals surface area contributed by atoms with E-state index in [-0.39, 0.29) is 16.7 Å². The molecule has 0 saturated carbocycles. The van der Waals surface area contributed by atoms with Crippen molar-refractivity contribution in [2.45, 2.75) is 29.2 Å². The van der Waals surface area contributed by atoms with Gasteiger partial charge < -0.3 is 5.32 Å². The average molecular weight is 355 g/mol. The molecule has 1 amide bonds. The van der Waals surface area contributed by atoms with Crippen LogP contribution >= 0.6 is 11.3 Å². The molecule has 4 nitrogen and oxygen atoms in total. The SMILES string of the molecule is CCCC(=O)NC[C@@H](c1ccc(F)cc1)S(=O)(=O)c1cccs1. The molecule has 0 aliphatic heterocycles. The van der Waals surface area contributed by atoms with Crippen LogP contribution in [0.25, 0.3) is 0 Å². The van der Waals surface area contributed by atoms with Crippen molar-refractivity contribution in [1.29, 1.82) is 0 Å². The molecule has 0 aliphatic carbocycles. The molecule has 1 atom stereocenters. The molecule has 1 aromatic heterocycles. The van der Waals surface area contributed by atoms with Crippen molar-refractivity contribution < 1.29 is 17.6 Å². The zero-order chi connectivity index (χ0) is 16.9. The number of nitrogens with one attached hydrogen (secondary N) is 1. The molecule has 124 valence electrons. The predicted molar refractivity (Wildman–Crippen MR) is 88.6 cm³/mol. The zero-order valence-electron chi connectivity index (χ0n) is 12.7. The number of hydrogen-bond donors (Lipinski definition) is 1. The molecule has 0 saturated heterocycles. The highest BCUT2D eigenvalue weighted by molar-refractivity contribution is 7.93. The zero-order valence-corrected chi connectivity index (χ0v) is 14.3. The van der Waals surface area contributed by atoms with Gasteiger partial charge in [0.25, 0.3) is 0 Å². The summed E-state index contributed by atoms with van der Waals surface area (Å²) in [5.41, 5.74) is 0.455. The van der Waals surface area contributed by atoms with Gasteiger partial charge in [-0.2, -0.15) is 0 Å². The Morgan fingerprint density at radius 1 is 1.26 bits per heavy atom. The van der Waals surface area contributed by atoms with Crippen LogP contribution in [0.3, 0.4) is 0 Å². The molecule has 0 spiro atoms. The fourth-order valence-corrected chi connectivity index (χ4v) is 5.04. The van der Waals surface area contributed by atoms with Gasteiger partial charge in [0.15, 0.2) is 9.84 Å². The lowest BCUT2D eigenvalue weighted by Crippen LogP contribution is -2.31. The van der Waals surface area contributed by atoms with Gasteiger partial charge >= 0.3 is 0 Å². The fourth-order valence-electron chi connectivity index (χ4n) is 2.17. The Balaban J connectivity index is 2.31. The first kappa shape index (κ1) is 17.6. The van der Waals surface area contributed by atoms with E-state index in [0.717, 1.165) is 11.3 Å². The van der Waals surface area contributed by atoms with E-state index >= 15 is 0 Å². The standard InChI is InChI=1S/C16H18FNO3S2/c1-2-4-15(19)18-11-14(12-6-8-13(17)9-7-12)23(20,21)16-5-3-10-22-16/h3,5-10,14H,2,4,11H2,1H3,(H,18,19)/t14-/m0/s1. The van der Waals surface area contributed by atoms with Gasteiger partial charge in [0.2, 0.25) is 5.91 Å². The molecule has 2 aromatic rings. The summed E-state index contributed by atoms with van der Waals surface area (Å²) in [4.78, 5) is 11.7. The summed E-state index contributed by atoms with van der Waals surface area (Å²) in [6, 6.07) is 8.52. The Kier molecular flexibility index (Phi) is 5.90. The summed E-state index contributed by atoms with van der Waals surface area (Å²) in [5, 5.41) is 3.40. The van der Waals surface area contributed by atoms with Crippen molar-refractivity contribution in [3.63, 3.8) is 0 Å². The highest BCUT2D eigenvalue weighted by atomic mass is 32.2. The summed E-state index contributed by atoms with van der Waals surface area (Å²) in [6.45, 7) is 1.84. The van der Waals surface area contributed by atoms with Crippen molar-refractivity contribution >= 4 is 27.1 Å². The van der Waals surface area contributed by atoms with Crippen molar-refractivity contribution in [1.82, 2.24) is 5.32 Å². The van der Waals surface area contributed by atoms with Crippen LogP contribution in [0.1, 0.15) is 30.6 Å². The highest BCUT2D eigenvalue weighted by Gasteiger charge is 2.30. The molecule has 1 N–H and O–H groups in total. The predicted octanol–water partition coefficient (Wildman–Crippen LogP) is 3.32. The first-order chi connectivity index (χ1) is 10.9. The number of rotatable bonds is 7. The van der Waals surface area contributed by atoms with E-state index in [1.54, 1.807) is 11.4 Å². The Bertz CT molecular complexity index is 740. The van der Waals surface area contributed by atoms with Crippen LogP contribution in [0, 0.1) is 5.82 Å². The molecular weight excluding hydrogens is 337 g/mol. The molecule has 0 fully saturated rings. The van der Waals surface area contributed by atoms with Crippen LogP contribution in [0.15, 0.2) is 46.0 Å². The van der Waals surface area contributed by atoms with Crippen LogP contribution < -0.4 is 5.32 Å². The normalized spacial score (nSPS) is 12.8. The largest absolute Gasteiger partial charge is 0.354 e. The van der Waals surface area contributed by atoms with Gasteiger partial charge in [-0.15, -0.1) is 11.3 Å². The van der Waals surface area contributed by atoms with Crippen LogP contribution in [0.2, 0.25) is 0 Å². The molecule has 1 aromatic carbocycles. The summed E-state index contributed by atoms with van der Waals surface area (Å²) in [7, 11) is -3.65. The minimum Gasteiger partial charge on any atom is -0.354 e. The summed E-state index contributed by atoms with van der Waals surface area (Å²) in [6.07, 6.45) is 1.03. The Hall–Kier alpha value is -1.73. The quantitative estimate of drug-likeness (QED) is 0.829. The minimum absolute atomic E-state index is 0.0370. The lowest BCUT2D eigenvalue weighted by molar-refractivity contribution is -0.121. The number of thiophene rings is 1. The topological polar surface area (TPSA) is 63.2 Å². The molecule has 23 heavy (non-hydrogen) atoms. The number of halogens is 1. The second-order valence-electron chi connectivity index (χ2n) is 5.07. The Morgan fingerprint density at radius 3 is 2.52 bits per heavy atom. The van der Waals surface area contributed by atoms with Crippen LogP contribution in [-0.2, 0) is 14.6 Å². The maximum absolute atomic E-state index is 13.1. The van der Waals surface area contributed by atoms with Gasteiger partial charge in [-0.25, -0.2) is 12.8 Å². The molecule has 0 aliphatic rings. The molecular formula is C16H18FNO3S2. The van der Waals surface area contributed by atoms with Crippen LogP contribution in [0.5, 0.6) is 0 Å². The highest BCUT2D eigenvalue weighted by Crippen LogP contribution is 2.31. The molecule has 1 heterocycles. The van der Waals surface area contributed by atoms with E-state index in [1.165, 1.54) is 30.3 Å². The number of amides is 1. The third kappa shape index (κ3) is 4.39. The van der Waals surface area contributed by atoms with E-state index in [4.69, 9.17) is 0 Å². The van der Waals surface area contributed by atoms with E-state index in [1.807, 2.05) is 6.92 Å². The van der Waals surface area contributed by atoms with Crippen molar-refractivity contribution in [2.75, 3.05) is 6.54 Å². The number of carbonyl (C=O) groups excluding carboxylic acids is 1. The lowest BCUT2D eigenvalue weighted by atomic mass is 10.1. The lowest BCUT2D eigenvalue weighted by Gasteiger charge is -2.18. The van der Waals surface area contributed by atoms with Crippen molar-refractivity contribution in [3.05, 3.63) is 53.2 Å². The molecule has 0 radical (unpaired) electrons. The van der Waals surface area contributed by atoms with Crippen LogP contribution in [0.4, 0.5) is 4.39 Å². The third-order valence-corrected chi connectivity index (χ3v) is 6.89. The van der Waals surface area contributed by atoms with Gasteiger partial charge in [-0.05, 0) is 35.6 Å². The van der Waals surface area contributed by atoms with Gasteiger partial charge in [-0.1, -0.05) is 25.1 Å². The molecule has 0 bridgehead atoms. The molecule has 7 heteroatoms. The third-order valence-electron chi connectivity index (χ3n) is 3.35.